The molecule has 0 spiro atoms. The summed E-state index contributed by atoms with van der Waals surface area (Å²) in [5.74, 6) is 1.00. The molecule has 134 valence electrons. The lowest BCUT2D eigenvalue weighted by atomic mass is 10.1. The molecule has 4 aromatic rings. The molecule has 0 aliphatic carbocycles. The second kappa shape index (κ2) is 7.25. The average Bonchev–Trinajstić information content (AvgIpc) is 3.12. The SMILES string of the molecule is COc1ccccc1NC(=O)c1ccc2noc(-c3ccc(Br)cc3)c2c1. The van der Waals surface area contributed by atoms with Gasteiger partial charge in [0.1, 0.15) is 11.3 Å². The predicted octanol–water partition coefficient (Wildman–Crippen LogP) is 5.52. The van der Waals surface area contributed by atoms with Crippen molar-refractivity contribution in [3.63, 3.8) is 0 Å². The van der Waals surface area contributed by atoms with Gasteiger partial charge in [-0.2, -0.15) is 0 Å². The molecule has 0 saturated carbocycles. The number of hydrogen-bond donors (Lipinski definition) is 1. The lowest BCUT2D eigenvalue weighted by molar-refractivity contribution is 0.102. The lowest BCUT2D eigenvalue weighted by Gasteiger charge is -2.09. The molecule has 1 heterocycles. The van der Waals surface area contributed by atoms with Gasteiger partial charge < -0.3 is 14.6 Å². The first-order valence-corrected chi connectivity index (χ1v) is 9.05. The van der Waals surface area contributed by atoms with Gasteiger partial charge in [0.05, 0.1) is 18.2 Å². The van der Waals surface area contributed by atoms with E-state index < -0.39 is 0 Å². The van der Waals surface area contributed by atoms with Gasteiger partial charge in [-0.15, -0.1) is 0 Å². The number of nitrogens with one attached hydrogen (secondary N) is 1. The minimum atomic E-state index is -0.232. The summed E-state index contributed by atoms with van der Waals surface area (Å²) in [6.45, 7) is 0. The summed E-state index contributed by atoms with van der Waals surface area (Å²) in [4.78, 5) is 12.7. The lowest BCUT2D eigenvalue weighted by Crippen LogP contribution is -2.12. The van der Waals surface area contributed by atoms with Gasteiger partial charge in [0.25, 0.3) is 5.91 Å². The van der Waals surface area contributed by atoms with Crippen LogP contribution in [0.25, 0.3) is 22.2 Å². The highest BCUT2D eigenvalue weighted by atomic mass is 79.9. The van der Waals surface area contributed by atoms with Gasteiger partial charge in [-0.25, -0.2) is 0 Å². The summed E-state index contributed by atoms with van der Waals surface area (Å²) in [7, 11) is 1.57. The Balaban J connectivity index is 1.69. The highest BCUT2D eigenvalue weighted by Crippen LogP contribution is 2.31. The molecule has 4 rings (SSSR count). The first kappa shape index (κ1) is 17.3. The van der Waals surface area contributed by atoms with E-state index in [1.807, 2.05) is 36.4 Å². The number of carbonyl (C=O) groups is 1. The zero-order valence-corrected chi connectivity index (χ0v) is 16.0. The maximum absolute atomic E-state index is 12.7. The number of carbonyl (C=O) groups excluding carboxylic acids is 1. The zero-order valence-electron chi connectivity index (χ0n) is 14.4. The fraction of sp³-hybridized carbons (Fsp3) is 0.0476. The van der Waals surface area contributed by atoms with Gasteiger partial charge in [0, 0.05) is 15.6 Å². The minimum Gasteiger partial charge on any atom is -0.495 e. The second-order valence-electron chi connectivity index (χ2n) is 5.90. The van der Waals surface area contributed by atoms with Crippen molar-refractivity contribution in [2.75, 3.05) is 12.4 Å². The fourth-order valence-corrected chi connectivity index (χ4v) is 3.10. The molecule has 0 bridgehead atoms. The number of para-hydroxylation sites is 2. The van der Waals surface area contributed by atoms with Gasteiger partial charge in [0.15, 0.2) is 5.76 Å². The summed E-state index contributed by atoms with van der Waals surface area (Å²) in [6, 6.07) is 20.3. The number of rotatable bonds is 4. The van der Waals surface area contributed by atoms with E-state index >= 15 is 0 Å². The van der Waals surface area contributed by atoms with Crippen molar-refractivity contribution in [1.82, 2.24) is 5.16 Å². The number of aromatic nitrogens is 1. The largest absolute Gasteiger partial charge is 0.495 e. The average molecular weight is 423 g/mol. The maximum Gasteiger partial charge on any atom is 0.255 e. The number of benzene rings is 3. The number of amides is 1. The van der Waals surface area contributed by atoms with Gasteiger partial charge >= 0.3 is 0 Å². The number of nitrogens with zero attached hydrogens (tertiary/aromatic N) is 1. The zero-order chi connectivity index (χ0) is 18.8. The smallest absolute Gasteiger partial charge is 0.255 e. The maximum atomic E-state index is 12.7. The number of anilines is 1. The van der Waals surface area contributed by atoms with Crippen molar-refractivity contribution in [3.05, 3.63) is 76.8 Å². The summed E-state index contributed by atoms with van der Waals surface area (Å²) in [5.41, 5.74) is 2.71. The summed E-state index contributed by atoms with van der Waals surface area (Å²) in [5, 5.41) is 7.75. The molecule has 1 N–H and O–H groups in total. The van der Waals surface area contributed by atoms with Crippen molar-refractivity contribution < 1.29 is 14.1 Å². The third-order valence-corrected chi connectivity index (χ3v) is 4.73. The Morgan fingerprint density at radius 1 is 1.07 bits per heavy atom. The summed E-state index contributed by atoms with van der Waals surface area (Å²) in [6.07, 6.45) is 0. The van der Waals surface area contributed by atoms with E-state index in [0.717, 1.165) is 15.4 Å². The van der Waals surface area contributed by atoms with Crippen molar-refractivity contribution in [3.8, 4) is 17.1 Å². The van der Waals surface area contributed by atoms with E-state index in [9.17, 15) is 4.79 Å². The Kier molecular flexibility index (Phi) is 4.64. The minimum absolute atomic E-state index is 0.232. The molecule has 0 atom stereocenters. The van der Waals surface area contributed by atoms with E-state index in [4.69, 9.17) is 9.26 Å². The Labute approximate surface area is 164 Å². The van der Waals surface area contributed by atoms with Gasteiger partial charge in [0.2, 0.25) is 0 Å². The molecule has 0 aliphatic rings. The molecule has 0 fully saturated rings. The topological polar surface area (TPSA) is 64.4 Å². The Morgan fingerprint density at radius 3 is 2.63 bits per heavy atom. The van der Waals surface area contributed by atoms with Crippen LogP contribution in [0, 0.1) is 0 Å². The van der Waals surface area contributed by atoms with Gasteiger partial charge in [-0.3, -0.25) is 4.79 Å². The van der Waals surface area contributed by atoms with Crippen molar-refractivity contribution in [1.29, 1.82) is 0 Å². The Bertz CT molecular complexity index is 1120. The molecule has 1 aromatic heterocycles. The Hall–Kier alpha value is -3.12. The molecule has 1 amide bonds. The number of halogens is 1. The molecular weight excluding hydrogens is 408 g/mol. The van der Waals surface area contributed by atoms with Crippen molar-refractivity contribution in [2.45, 2.75) is 0 Å². The monoisotopic (exact) mass is 422 g/mol. The van der Waals surface area contributed by atoms with Crippen molar-refractivity contribution in [2.24, 2.45) is 0 Å². The normalized spacial score (nSPS) is 10.7. The van der Waals surface area contributed by atoms with E-state index in [-0.39, 0.29) is 5.91 Å². The molecular formula is C21H15BrN2O3. The van der Waals surface area contributed by atoms with E-state index in [1.54, 1.807) is 37.4 Å². The molecule has 0 unspecified atom stereocenters. The summed E-state index contributed by atoms with van der Waals surface area (Å²) >= 11 is 3.42. The van der Waals surface area contributed by atoms with Crippen LogP contribution in [0.15, 0.2) is 75.7 Å². The van der Waals surface area contributed by atoms with E-state index in [1.165, 1.54) is 0 Å². The van der Waals surface area contributed by atoms with Crippen LogP contribution in [0.4, 0.5) is 5.69 Å². The number of fused-ring (bicyclic) bond motifs is 1. The molecule has 27 heavy (non-hydrogen) atoms. The molecule has 3 aromatic carbocycles. The van der Waals surface area contributed by atoms with Crippen LogP contribution in [0.2, 0.25) is 0 Å². The third-order valence-electron chi connectivity index (χ3n) is 4.20. The first-order valence-electron chi connectivity index (χ1n) is 8.25. The van der Waals surface area contributed by atoms with Gasteiger partial charge in [-0.05, 0) is 54.6 Å². The Morgan fingerprint density at radius 2 is 1.85 bits per heavy atom. The molecule has 6 heteroatoms. The number of hydrogen-bond acceptors (Lipinski definition) is 4. The van der Waals surface area contributed by atoms with E-state index in [0.29, 0.717) is 28.3 Å². The van der Waals surface area contributed by atoms with E-state index in [2.05, 4.69) is 26.4 Å². The second-order valence-corrected chi connectivity index (χ2v) is 6.82. The quantitative estimate of drug-likeness (QED) is 0.470. The molecule has 0 aliphatic heterocycles. The number of methoxy groups -OCH3 is 1. The highest BCUT2D eigenvalue weighted by Gasteiger charge is 2.15. The van der Waals surface area contributed by atoms with Crippen LogP contribution in [0.1, 0.15) is 10.4 Å². The van der Waals surface area contributed by atoms with Crippen LogP contribution < -0.4 is 10.1 Å². The van der Waals surface area contributed by atoms with Crippen LogP contribution in [-0.4, -0.2) is 18.2 Å². The molecule has 5 nitrogen and oxygen atoms in total. The highest BCUT2D eigenvalue weighted by molar-refractivity contribution is 9.10. The van der Waals surface area contributed by atoms with Crippen LogP contribution in [0.5, 0.6) is 5.75 Å². The van der Waals surface area contributed by atoms with Crippen molar-refractivity contribution >= 4 is 38.4 Å². The molecule has 0 radical (unpaired) electrons. The number of ether oxygens (including phenoxy) is 1. The predicted molar refractivity (Wildman–Crippen MR) is 108 cm³/mol. The van der Waals surface area contributed by atoms with Crippen LogP contribution in [-0.2, 0) is 0 Å². The molecule has 0 saturated heterocycles. The van der Waals surface area contributed by atoms with Crippen LogP contribution >= 0.6 is 15.9 Å². The summed E-state index contributed by atoms with van der Waals surface area (Å²) < 4.78 is 11.8. The fourth-order valence-electron chi connectivity index (χ4n) is 2.83. The standard InChI is InChI=1S/C21H15BrN2O3/c1-26-19-5-3-2-4-18(19)23-21(25)14-8-11-17-16(12-14)20(27-24-17)13-6-9-15(22)10-7-13/h2-12H,1H3,(H,23,25). The van der Waals surface area contributed by atoms with Crippen LogP contribution in [0.3, 0.4) is 0 Å². The third kappa shape index (κ3) is 3.44. The first-order chi connectivity index (χ1) is 13.2. The van der Waals surface area contributed by atoms with Gasteiger partial charge in [-0.1, -0.05) is 33.2 Å².